The van der Waals surface area contributed by atoms with E-state index in [1.807, 2.05) is 0 Å². The number of hydrogen-bond acceptors (Lipinski definition) is 2. The van der Waals surface area contributed by atoms with Gasteiger partial charge in [0, 0.05) is 0 Å². The normalized spacial score (nSPS) is 37.8. The van der Waals surface area contributed by atoms with E-state index in [0.717, 1.165) is 50.9 Å². The van der Waals surface area contributed by atoms with E-state index in [1.54, 1.807) is 0 Å². The Bertz CT molecular complexity index is 290. The van der Waals surface area contributed by atoms with Crippen LogP contribution in [0.4, 0.5) is 0 Å². The van der Waals surface area contributed by atoms with Crippen LogP contribution < -0.4 is 0 Å². The molecule has 2 nitrogen and oxygen atoms in total. The van der Waals surface area contributed by atoms with Gasteiger partial charge in [-0.2, -0.15) is 5.26 Å². The van der Waals surface area contributed by atoms with E-state index < -0.39 is 11.0 Å². The molecule has 90 valence electrons. The first-order valence-corrected chi connectivity index (χ1v) is 6.67. The molecular weight excluding hydrogens is 198 g/mol. The standard InChI is InChI=1S/C14H23NO/c1-11(2)12-4-8-13(10-15,9-5-12)14(16)6-3-7-14/h11-12,16H,3-9H2,1-2H3. The number of hydrogen-bond donors (Lipinski definition) is 1. The van der Waals surface area contributed by atoms with Crippen LogP contribution >= 0.6 is 0 Å². The molecule has 0 amide bonds. The van der Waals surface area contributed by atoms with Gasteiger partial charge in [-0.1, -0.05) is 13.8 Å². The van der Waals surface area contributed by atoms with Crippen molar-refractivity contribution in [3.8, 4) is 6.07 Å². The Balaban J connectivity index is 2.07. The molecule has 2 heteroatoms. The van der Waals surface area contributed by atoms with Gasteiger partial charge in [0.1, 0.15) is 0 Å². The number of aliphatic hydroxyl groups is 1. The lowest BCUT2D eigenvalue weighted by atomic mass is 9.55. The summed E-state index contributed by atoms with van der Waals surface area (Å²) >= 11 is 0. The highest BCUT2D eigenvalue weighted by atomic mass is 16.3. The van der Waals surface area contributed by atoms with Gasteiger partial charge in [-0.3, -0.25) is 0 Å². The molecule has 2 fully saturated rings. The SMILES string of the molecule is CC(C)C1CCC(C#N)(C2(O)CCC2)CC1. The highest BCUT2D eigenvalue weighted by molar-refractivity contribution is 5.15. The summed E-state index contributed by atoms with van der Waals surface area (Å²) < 4.78 is 0. The Morgan fingerprint density at radius 3 is 2.06 bits per heavy atom. The monoisotopic (exact) mass is 221 g/mol. The molecule has 0 aliphatic heterocycles. The van der Waals surface area contributed by atoms with Crippen molar-refractivity contribution in [2.45, 2.75) is 64.4 Å². The van der Waals surface area contributed by atoms with Crippen LogP contribution in [0.2, 0.25) is 0 Å². The van der Waals surface area contributed by atoms with Crippen molar-refractivity contribution in [3.05, 3.63) is 0 Å². The molecule has 0 spiro atoms. The van der Waals surface area contributed by atoms with Crippen molar-refractivity contribution in [1.82, 2.24) is 0 Å². The van der Waals surface area contributed by atoms with E-state index in [4.69, 9.17) is 0 Å². The van der Waals surface area contributed by atoms with Gasteiger partial charge in [-0.15, -0.1) is 0 Å². The fourth-order valence-electron chi connectivity index (χ4n) is 3.47. The number of nitriles is 1. The van der Waals surface area contributed by atoms with Gasteiger partial charge in [0.25, 0.3) is 0 Å². The third kappa shape index (κ3) is 1.66. The largest absolute Gasteiger partial charge is 0.388 e. The predicted molar refractivity (Wildman–Crippen MR) is 63.6 cm³/mol. The van der Waals surface area contributed by atoms with Crippen molar-refractivity contribution >= 4 is 0 Å². The Labute approximate surface area is 98.7 Å². The van der Waals surface area contributed by atoms with Gasteiger partial charge in [-0.05, 0) is 56.8 Å². The maximum absolute atomic E-state index is 10.5. The Morgan fingerprint density at radius 2 is 1.75 bits per heavy atom. The molecule has 1 N–H and O–H groups in total. The maximum atomic E-state index is 10.5. The molecule has 0 unspecified atom stereocenters. The summed E-state index contributed by atoms with van der Waals surface area (Å²) in [4.78, 5) is 0. The van der Waals surface area contributed by atoms with Crippen molar-refractivity contribution < 1.29 is 5.11 Å². The summed E-state index contributed by atoms with van der Waals surface area (Å²) in [7, 11) is 0. The van der Waals surface area contributed by atoms with Crippen LogP contribution in [0.15, 0.2) is 0 Å². The van der Waals surface area contributed by atoms with E-state index in [2.05, 4.69) is 19.9 Å². The summed E-state index contributed by atoms with van der Waals surface area (Å²) in [6.07, 6.45) is 6.82. The summed E-state index contributed by atoms with van der Waals surface area (Å²) in [5, 5.41) is 19.9. The second kappa shape index (κ2) is 4.04. The van der Waals surface area contributed by atoms with E-state index in [1.165, 1.54) is 0 Å². The zero-order valence-corrected chi connectivity index (χ0v) is 10.5. The van der Waals surface area contributed by atoms with Crippen LogP contribution in [-0.4, -0.2) is 10.7 Å². The van der Waals surface area contributed by atoms with E-state index in [9.17, 15) is 10.4 Å². The molecule has 16 heavy (non-hydrogen) atoms. The molecule has 0 radical (unpaired) electrons. The first kappa shape index (κ1) is 11.9. The number of rotatable bonds is 2. The first-order chi connectivity index (χ1) is 7.53. The van der Waals surface area contributed by atoms with Crippen LogP contribution in [0.1, 0.15) is 58.8 Å². The highest BCUT2D eigenvalue weighted by Crippen LogP contribution is 2.54. The highest BCUT2D eigenvalue weighted by Gasteiger charge is 2.55. The fourth-order valence-corrected chi connectivity index (χ4v) is 3.47. The van der Waals surface area contributed by atoms with Crippen LogP contribution in [0.25, 0.3) is 0 Å². The molecule has 0 atom stereocenters. The lowest BCUT2D eigenvalue weighted by Gasteiger charge is -2.51. The van der Waals surface area contributed by atoms with Gasteiger partial charge in [0.05, 0.1) is 17.1 Å². The third-order valence-electron chi connectivity index (χ3n) is 5.11. The average Bonchev–Trinajstić information content (AvgIpc) is 2.25. The fraction of sp³-hybridized carbons (Fsp3) is 0.929. The van der Waals surface area contributed by atoms with Crippen LogP contribution in [0.3, 0.4) is 0 Å². The summed E-state index contributed by atoms with van der Waals surface area (Å²) in [5.74, 6) is 1.47. The minimum atomic E-state index is -0.649. The van der Waals surface area contributed by atoms with Crippen molar-refractivity contribution in [1.29, 1.82) is 5.26 Å². The molecule has 2 saturated carbocycles. The maximum Gasteiger partial charge on any atom is 0.0860 e. The molecular formula is C14H23NO. The van der Waals surface area contributed by atoms with Crippen molar-refractivity contribution in [2.24, 2.45) is 17.3 Å². The van der Waals surface area contributed by atoms with Gasteiger partial charge in [0.15, 0.2) is 0 Å². The van der Waals surface area contributed by atoms with Crippen LogP contribution in [0.5, 0.6) is 0 Å². The average molecular weight is 221 g/mol. The minimum absolute atomic E-state index is 0.420. The van der Waals surface area contributed by atoms with Gasteiger partial charge in [-0.25, -0.2) is 0 Å². The quantitative estimate of drug-likeness (QED) is 0.777. The molecule has 2 aliphatic rings. The molecule has 0 aromatic heterocycles. The summed E-state index contributed by atoms with van der Waals surface area (Å²) in [6.45, 7) is 4.53. The first-order valence-electron chi connectivity index (χ1n) is 6.67. The lowest BCUT2D eigenvalue weighted by Crippen LogP contribution is -2.54. The minimum Gasteiger partial charge on any atom is -0.388 e. The van der Waals surface area contributed by atoms with Gasteiger partial charge >= 0.3 is 0 Å². The van der Waals surface area contributed by atoms with E-state index in [-0.39, 0.29) is 0 Å². The molecule has 2 rings (SSSR count). The molecule has 0 bridgehead atoms. The molecule has 2 aliphatic carbocycles. The smallest absolute Gasteiger partial charge is 0.0860 e. The molecule has 0 heterocycles. The molecule has 0 aromatic rings. The molecule has 0 saturated heterocycles. The predicted octanol–water partition coefficient (Wildman–Crippen LogP) is 3.26. The topological polar surface area (TPSA) is 44.0 Å². The van der Waals surface area contributed by atoms with Gasteiger partial charge in [0.2, 0.25) is 0 Å². The van der Waals surface area contributed by atoms with Gasteiger partial charge < -0.3 is 5.11 Å². The second-order valence-electron chi connectivity index (χ2n) is 6.16. The van der Waals surface area contributed by atoms with Crippen molar-refractivity contribution in [2.75, 3.05) is 0 Å². The van der Waals surface area contributed by atoms with Crippen molar-refractivity contribution in [3.63, 3.8) is 0 Å². The Kier molecular flexibility index (Phi) is 3.01. The zero-order valence-electron chi connectivity index (χ0n) is 10.5. The van der Waals surface area contributed by atoms with Crippen LogP contribution in [0, 0.1) is 28.6 Å². The number of nitrogens with zero attached hydrogens (tertiary/aromatic N) is 1. The summed E-state index contributed by atoms with van der Waals surface area (Å²) in [6, 6.07) is 2.47. The Morgan fingerprint density at radius 1 is 1.19 bits per heavy atom. The lowest BCUT2D eigenvalue weighted by molar-refractivity contribution is -0.133. The third-order valence-corrected chi connectivity index (χ3v) is 5.11. The second-order valence-corrected chi connectivity index (χ2v) is 6.16. The van der Waals surface area contributed by atoms with Crippen LogP contribution in [-0.2, 0) is 0 Å². The molecule has 0 aromatic carbocycles. The van der Waals surface area contributed by atoms with E-state index >= 15 is 0 Å². The Hall–Kier alpha value is -0.550. The van der Waals surface area contributed by atoms with E-state index in [0.29, 0.717) is 5.92 Å². The summed E-state index contributed by atoms with van der Waals surface area (Å²) in [5.41, 5.74) is -1.07. The zero-order chi connectivity index (χ0) is 11.8.